The molecule has 2 N–H and O–H groups in total. The quantitative estimate of drug-likeness (QED) is 0.648. The van der Waals surface area contributed by atoms with E-state index >= 15 is 0 Å². The van der Waals surface area contributed by atoms with Gasteiger partial charge in [0.05, 0.1) is 24.9 Å². The van der Waals surface area contributed by atoms with Crippen LogP contribution in [0.5, 0.6) is 5.75 Å². The number of hydrogen-bond donors (Lipinski definition) is 2. The second kappa shape index (κ2) is 10.2. The molecule has 174 valence electrons. The maximum Gasteiger partial charge on any atom is 0.327 e. The van der Waals surface area contributed by atoms with E-state index in [4.69, 9.17) is 16.3 Å². The number of amides is 4. The highest BCUT2D eigenvalue weighted by Crippen LogP contribution is 2.27. The summed E-state index contributed by atoms with van der Waals surface area (Å²) < 4.78 is 5.57. The summed E-state index contributed by atoms with van der Waals surface area (Å²) in [5, 5.41) is 6.66. The standard InChI is InChI=1S/C24H27ClN4O4/c1-2-33-20-8-4-3-6-18(20)27-21(30)15-28-19-7-5-13-26-22(19)23(31)29(24(28)32)14-16-9-11-17(25)12-10-16/h3-4,6,8-12,19,22,26H,2,5,7,13-15H2,1H3,(H,27,30). The van der Waals surface area contributed by atoms with E-state index in [0.717, 1.165) is 12.0 Å². The molecule has 33 heavy (non-hydrogen) atoms. The Labute approximate surface area is 197 Å². The van der Waals surface area contributed by atoms with Crippen LogP contribution in [0.3, 0.4) is 0 Å². The second-order valence-corrected chi connectivity index (χ2v) is 8.52. The number of fused-ring (bicyclic) bond motifs is 1. The molecule has 2 fully saturated rings. The van der Waals surface area contributed by atoms with Gasteiger partial charge in [-0.3, -0.25) is 14.5 Å². The zero-order chi connectivity index (χ0) is 23.4. The van der Waals surface area contributed by atoms with Crippen LogP contribution in [-0.2, 0) is 16.1 Å². The van der Waals surface area contributed by atoms with Gasteiger partial charge >= 0.3 is 6.03 Å². The highest BCUT2D eigenvalue weighted by molar-refractivity contribution is 6.30. The largest absolute Gasteiger partial charge is 0.492 e. The number of halogens is 1. The fourth-order valence-electron chi connectivity index (χ4n) is 4.32. The number of hydrogen-bond acceptors (Lipinski definition) is 5. The Kier molecular flexibility index (Phi) is 7.15. The van der Waals surface area contributed by atoms with Crippen molar-refractivity contribution in [1.82, 2.24) is 15.1 Å². The SMILES string of the molecule is CCOc1ccccc1NC(=O)CN1C(=O)N(Cc2ccc(Cl)cc2)C(=O)C2NCCCC21. The topological polar surface area (TPSA) is 91.0 Å². The van der Waals surface area contributed by atoms with Gasteiger partial charge in [-0.2, -0.15) is 0 Å². The Morgan fingerprint density at radius 1 is 1.18 bits per heavy atom. The van der Waals surface area contributed by atoms with Crippen LogP contribution in [0.1, 0.15) is 25.3 Å². The number of carbonyl (C=O) groups excluding carboxylic acids is 3. The van der Waals surface area contributed by atoms with Crippen LogP contribution in [0.15, 0.2) is 48.5 Å². The first-order valence-electron chi connectivity index (χ1n) is 11.1. The molecule has 0 bridgehead atoms. The molecule has 4 rings (SSSR count). The molecule has 0 aromatic heterocycles. The van der Waals surface area contributed by atoms with Crippen LogP contribution in [0.4, 0.5) is 10.5 Å². The average molecular weight is 471 g/mol. The third-order valence-electron chi connectivity index (χ3n) is 5.86. The van der Waals surface area contributed by atoms with E-state index in [0.29, 0.717) is 36.0 Å². The lowest BCUT2D eigenvalue weighted by atomic mass is 9.93. The van der Waals surface area contributed by atoms with Gasteiger partial charge in [-0.25, -0.2) is 4.79 Å². The minimum absolute atomic E-state index is 0.116. The lowest BCUT2D eigenvalue weighted by Crippen LogP contribution is -2.70. The lowest BCUT2D eigenvalue weighted by Gasteiger charge is -2.46. The van der Waals surface area contributed by atoms with Crippen molar-refractivity contribution in [2.24, 2.45) is 0 Å². The van der Waals surface area contributed by atoms with Gasteiger partial charge < -0.3 is 20.3 Å². The van der Waals surface area contributed by atoms with Crippen molar-refractivity contribution in [1.29, 1.82) is 0 Å². The van der Waals surface area contributed by atoms with Gasteiger partial charge in [-0.1, -0.05) is 35.9 Å². The van der Waals surface area contributed by atoms with Gasteiger partial charge in [0.2, 0.25) is 11.8 Å². The lowest BCUT2D eigenvalue weighted by molar-refractivity contribution is -0.138. The molecule has 2 saturated heterocycles. The van der Waals surface area contributed by atoms with Gasteiger partial charge in [0.1, 0.15) is 18.3 Å². The number of rotatable bonds is 7. The van der Waals surface area contributed by atoms with Crippen LogP contribution in [0.2, 0.25) is 5.02 Å². The van der Waals surface area contributed by atoms with E-state index in [1.54, 1.807) is 42.5 Å². The maximum absolute atomic E-state index is 13.4. The third-order valence-corrected chi connectivity index (χ3v) is 6.12. The van der Waals surface area contributed by atoms with Gasteiger partial charge in [0, 0.05) is 5.02 Å². The normalized spacial score (nSPS) is 20.4. The molecule has 0 spiro atoms. The molecule has 0 aliphatic carbocycles. The Morgan fingerprint density at radius 3 is 2.70 bits per heavy atom. The number of benzene rings is 2. The predicted octanol–water partition coefficient (Wildman–Crippen LogP) is 3.26. The first-order valence-corrected chi connectivity index (χ1v) is 11.5. The van der Waals surface area contributed by atoms with Crippen molar-refractivity contribution in [3.05, 3.63) is 59.1 Å². The molecule has 2 heterocycles. The first-order chi connectivity index (χ1) is 16.0. The Hall–Kier alpha value is -3.10. The summed E-state index contributed by atoms with van der Waals surface area (Å²) in [4.78, 5) is 42.2. The molecule has 4 amide bonds. The van der Waals surface area contributed by atoms with Crippen molar-refractivity contribution >= 4 is 35.1 Å². The van der Waals surface area contributed by atoms with Crippen molar-refractivity contribution in [3.63, 3.8) is 0 Å². The van der Waals surface area contributed by atoms with Gasteiger partial charge in [-0.15, -0.1) is 0 Å². The number of anilines is 1. The number of ether oxygens (including phenoxy) is 1. The zero-order valence-corrected chi connectivity index (χ0v) is 19.2. The fourth-order valence-corrected chi connectivity index (χ4v) is 4.44. The molecule has 9 heteroatoms. The summed E-state index contributed by atoms with van der Waals surface area (Å²) in [6.07, 6.45) is 1.48. The summed E-state index contributed by atoms with van der Waals surface area (Å²) in [6, 6.07) is 12.8. The third kappa shape index (κ3) is 5.12. The molecule has 2 atom stereocenters. The number of imide groups is 1. The van der Waals surface area contributed by atoms with Gasteiger partial charge in [-0.05, 0) is 56.1 Å². The number of urea groups is 1. The van der Waals surface area contributed by atoms with Crippen LogP contribution < -0.4 is 15.4 Å². The summed E-state index contributed by atoms with van der Waals surface area (Å²) >= 11 is 5.96. The number of carbonyl (C=O) groups is 3. The van der Waals surface area contributed by atoms with Gasteiger partial charge in [0.15, 0.2) is 0 Å². The summed E-state index contributed by atoms with van der Waals surface area (Å²) in [6.45, 7) is 2.98. The smallest absolute Gasteiger partial charge is 0.327 e. The molecule has 0 radical (unpaired) electrons. The van der Waals surface area contributed by atoms with Crippen molar-refractivity contribution in [2.75, 3.05) is 25.0 Å². The Bertz CT molecular complexity index is 1030. The van der Waals surface area contributed by atoms with Crippen molar-refractivity contribution in [3.8, 4) is 5.75 Å². The highest BCUT2D eigenvalue weighted by atomic mass is 35.5. The van der Waals surface area contributed by atoms with Crippen molar-refractivity contribution in [2.45, 2.75) is 38.4 Å². The average Bonchev–Trinajstić information content (AvgIpc) is 2.82. The molecule has 0 saturated carbocycles. The van der Waals surface area contributed by atoms with E-state index < -0.39 is 12.1 Å². The van der Waals surface area contributed by atoms with Crippen LogP contribution in [0.25, 0.3) is 0 Å². The fraction of sp³-hybridized carbons (Fsp3) is 0.375. The van der Waals surface area contributed by atoms with Crippen LogP contribution in [0, 0.1) is 0 Å². The maximum atomic E-state index is 13.4. The highest BCUT2D eigenvalue weighted by Gasteiger charge is 2.47. The van der Waals surface area contributed by atoms with Crippen LogP contribution >= 0.6 is 11.6 Å². The Balaban J connectivity index is 1.53. The molecule has 2 unspecified atom stereocenters. The molecular formula is C24H27ClN4O4. The van der Waals surface area contributed by atoms with Gasteiger partial charge in [0.25, 0.3) is 0 Å². The minimum Gasteiger partial charge on any atom is -0.492 e. The van der Waals surface area contributed by atoms with E-state index in [9.17, 15) is 14.4 Å². The van der Waals surface area contributed by atoms with E-state index in [-0.39, 0.29) is 30.9 Å². The van der Waals surface area contributed by atoms with E-state index in [2.05, 4.69) is 10.6 Å². The summed E-state index contributed by atoms with van der Waals surface area (Å²) in [5.41, 5.74) is 1.33. The molecule has 2 aliphatic rings. The van der Waals surface area contributed by atoms with Crippen LogP contribution in [-0.4, -0.2) is 59.4 Å². The van der Waals surface area contributed by atoms with E-state index in [1.807, 2.05) is 13.0 Å². The summed E-state index contributed by atoms with van der Waals surface area (Å²) in [5.74, 6) is -0.0475. The first kappa shape index (κ1) is 23.1. The molecule has 2 aromatic rings. The summed E-state index contributed by atoms with van der Waals surface area (Å²) in [7, 11) is 0. The number of nitrogens with zero attached hydrogens (tertiary/aromatic N) is 2. The zero-order valence-electron chi connectivity index (χ0n) is 18.4. The second-order valence-electron chi connectivity index (χ2n) is 8.08. The van der Waals surface area contributed by atoms with Crippen molar-refractivity contribution < 1.29 is 19.1 Å². The minimum atomic E-state index is -0.535. The molecular weight excluding hydrogens is 444 g/mol. The predicted molar refractivity (Wildman–Crippen MR) is 125 cm³/mol. The number of para-hydroxylation sites is 2. The molecule has 2 aliphatic heterocycles. The monoisotopic (exact) mass is 470 g/mol. The number of nitrogens with one attached hydrogen (secondary N) is 2. The molecule has 8 nitrogen and oxygen atoms in total. The Morgan fingerprint density at radius 2 is 1.94 bits per heavy atom. The van der Waals surface area contributed by atoms with E-state index in [1.165, 1.54) is 9.80 Å². The molecule has 2 aromatic carbocycles. The number of piperidine rings is 1.